The molecule has 12 nitrogen and oxygen atoms in total. The van der Waals surface area contributed by atoms with Crippen LogP contribution in [-0.2, 0) is 24.0 Å². The number of unbranched alkanes of at least 4 members (excludes halogenated alkanes) is 1. The average Bonchev–Trinajstić information content (AvgIpc) is 3.24. The number of carbonyl (C=O) groups excluding carboxylic acids is 3. The summed E-state index contributed by atoms with van der Waals surface area (Å²) >= 11 is 0. The first-order chi connectivity index (χ1) is 15.5. The molecule has 4 atom stereocenters. The van der Waals surface area contributed by atoms with Gasteiger partial charge >= 0.3 is 11.9 Å². The zero-order valence-electron chi connectivity index (χ0n) is 19.3. The second-order valence-electron chi connectivity index (χ2n) is 8.64. The van der Waals surface area contributed by atoms with Crippen LogP contribution in [-0.4, -0.2) is 82.0 Å². The summed E-state index contributed by atoms with van der Waals surface area (Å²) in [6, 6.07) is -4.08. The van der Waals surface area contributed by atoms with Crippen molar-refractivity contribution in [3.05, 3.63) is 0 Å². The molecule has 0 aromatic carbocycles. The third-order valence-electron chi connectivity index (χ3n) is 5.64. The molecule has 12 heteroatoms. The van der Waals surface area contributed by atoms with Crippen molar-refractivity contribution in [3.63, 3.8) is 0 Å². The average molecular weight is 472 g/mol. The lowest BCUT2D eigenvalue weighted by atomic mass is 10.0. The molecule has 0 saturated carbocycles. The summed E-state index contributed by atoms with van der Waals surface area (Å²) in [4.78, 5) is 62.2. The van der Waals surface area contributed by atoms with Gasteiger partial charge in [-0.05, 0) is 44.6 Å². The van der Waals surface area contributed by atoms with Crippen molar-refractivity contribution in [1.29, 1.82) is 0 Å². The van der Waals surface area contributed by atoms with E-state index < -0.39 is 53.8 Å². The Morgan fingerprint density at radius 1 is 1.03 bits per heavy atom. The summed E-state index contributed by atoms with van der Waals surface area (Å²) in [6.45, 7) is 4.13. The highest BCUT2D eigenvalue weighted by atomic mass is 16.4. The number of hydrogen-bond donors (Lipinski definition) is 6. The van der Waals surface area contributed by atoms with Gasteiger partial charge in [0.1, 0.15) is 18.1 Å². The first kappa shape index (κ1) is 28.3. The Hall–Kier alpha value is -2.73. The maximum absolute atomic E-state index is 13.0. The van der Waals surface area contributed by atoms with E-state index in [1.807, 2.05) is 0 Å². The van der Waals surface area contributed by atoms with Crippen LogP contribution in [0.2, 0.25) is 0 Å². The number of rotatable bonds is 14. The van der Waals surface area contributed by atoms with Gasteiger partial charge in [-0.25, -0.2) is 4.79 Å². The number of carbonyl (C=O) groups is 5. The second-order valence-corrected chi connectivity index (χ2v) is 8.64. The molecule has 0 aromatic rings. The van der Waals surface area contributed by atoms with Crippen molar-refractivity contribution >= 4 is 29.7 Å². The summed E-state index contributed by atoms with van der Waals surface area (Å²) in [5.74, 6) is -4.47. The largest absolute Gasteiger partial charge is 0.481 e. The standard InChI is InChI=1S/C21H37N5O7/c1-12(2)17(20(31)26-11-5-7-15(26)21(32)33)25-19(30)14(8-9-16(27)28)24-18(29)13(23)6-3-4-10-22/h12-15,17H,3-11,22-23H2,1-2H3,(H,24,29)(H,25,30)(H,27,28)(H,32,33). The fourth-order valence-corrected chi connectivity index (χ4v) is 3.69. The lowest BCUT2D eigenvalue weighted by Crippen LogP contribution is -2.58. The summed E-state index contributed by atoms with van der Waals surface area (Å²) in [5, 5.41) is 23.5. The Balaban J connectivity index is 2.92. The van der Waals surface area contributed by atoms with Crippen molar-refractivity contribution in [2.24, 2.45) is 17.4 Å². The minimum absolute atomic E-state index is 0.192. The molecule has 0 aromatic heterocycles. The van der Waals surface area contributed by atoms with Crippen molar-refractivity contribution in [2.75, 3.05) is 13.1 Å². The van der Waals surface area contributed by atoms with Crippen LogP contribution in [0.15, 0.2) is 0 Å². The fraction of sp³-hybridized carbons (Fsp3) is 0.762. The van der Waals surface area contributed by atoms with Gasteiger partial charge in [-0.2, -0.15) is 0 Å². The van der Waals surface area contributed by atoms with E-state index in [0.29, 0.717) is 38.6 Å². The molecule has 33 heavy (non-hydrogen) atoms. The summed E-state index contributed by atoms with van der Waals surface area (Å²) in [5.41, 5.74) is 11.3. The fourth-order valence-electron chi connectivity index (χ4n) is 3.69. The number of nitrogens with one attached hydrogen (secondary N) is 2. The third kappa shape index (κ3) is 8.97. The van der Waals surface area contributed by atoms with E-state index in [1.165, 1.54) is 4.90 Å². The zero-order valence-corrected chi connectivity index (χ0v) is 19.3. The van der Waals surface area contributed by atoms with E-state index in [4.69, 9.17) is 16.6 Å². The highest BCUT2D eigenvalue weighted by Crippen LogP contribution is 2.20. The van der Waals surface area contributed by atoms with Crippen molar-refractivity contribution in [2.45, 2.75) is 83.0 Å². The second kappa shape index (κ2) is 13.7. The maximum Gasteiger partial charge on any atom is 0.326 e. The van der Waals surface area contributed by atoms with E-state index in [2.05, 4.69) is 10.6 Å². The van der Waals surface area contributed by atoms with Gasteiger partial charge < -0.3 is 37.2 Å². The third-order valence-corrected chi connectivity index (χ3v) is 5.64. The maximum atomic E-state index is 13.0. The molecule has 0 aliphatic carbocycles. The monoisotopic (exact) mass is 471 g/mol. The molecule has 3 amide bonds. The minimum atomic E-state index is -1.21. The van der Waals surface area contributed by atoms with Crippen LogP contribution in [0.25, 0.3) is 0 Å². The number of amides is 3. The Morgan fingerprint density at radius 2 is 1.70 bits per heavy atom. The van der Waals surface area contributed by atoms with Crippen LogP contribution in [0, 0.1) is 5.92 Å². The number of nitrogens with zero attached hydrogens (tertiary/aromatic N) is 1. The van der Waals surface area contributed by atoms with Gasteiger partial charge in [0, 0.05) is 13.0 Å². The van der Waals surface area contributed by atoms with Crippen LogP contribution in [0.5, 0.6) is 0 Å². The number of nitrogens with two attached hydrogens (primary N) is 2. The molecule has 0 radical (unpaired) electrons. The van der Waals surface area contributed by atoms with E-state index in [-0.39, 0.29) is 25.3 Å². The lowest BCUT2D eigenvalue weighted by Gasteiger charge is -2.30. The Bertz CT molecular complexity index is 715. The molecule has 1 aliphatic rings. The molecule has 1 rings (SSSR count). The van der Waals surface area contributed by atoms with Crippen LogP contribution in [0.3, 0.4) is 0 Å². The quantitative estimate of drug-likeness (QED) is 0.172. The number of likely N-dealkylation sites (tertiary alicyclic amines) is 1. The Morgan fingerprint density at radius 3 is 2.24 bits per heavy atom. The molecule has 8 N–H and O–H groups in total. The molecular weight excluding hydrogens is 434 g/mol. The lowest BCUT2D eigenvalue weighted by molar-refractivity contribution is -0.150. The Labute approximate surface area is 193 Å². The molecule has 1 fully saturated rings. The summed E-state index contributed by atoms with van der Waals surface area (Å²) in [6.07, 6.45) is 1.98. The molecule has 1 aliphatic heterocycles. The molecule has 1 heterocycles. The minimum Gasteiger partial charge on any atom is -0.481 e. The molecule has 1 saturated heterocycles. The molecule has 4 unspecified atom stereocenters. The molecular formula is C21H37N5O7. The van der Waals surface area contributed by atoms with E-state index in [9.17, 15) is 29.1 Å². The smallest absolute Gasteiger partial charge is 0.326 e. The van der Waals surface area contributed by atoms with Gasteiger partial charge in [0.05, 0.1) is 6.04 Å². The zero-order chi connectivity index (χ0) is 25.1. The predicted molar refractivity (Wildman–Crippen MR) is 119 cm³/mol. The van der Waals surface area contributed by atoms with E-state index >= 15 is 0 Å². The highest BCUT2D eigenvalue weighted by molar-refractivity contribution is 5.94. The van der Waals surface area contributed by atoms with Gasteiger partial charge in [-0.3, -0.25) is 19.2 Å². The first-order valence-corrected chi connectivity index (χ1v) is 11.3. The van der Waals surface area contributed by atoms with Crippen LogP contribution < -0.4 is 22.1 Å². The SMILES string of the molecule is CC(C)C(NC(=O)C(CCC(=O)O)NC(=O)C(N)CCCCN)C(=O)N1CCCC1C(=O)O. The van der Waals surface area contributed by atoms with Gasteiger partial charge in [0.2, 0.25) is 17.7 Å². The highest BCUT2D eigenvalue weighted by Gasteiger charge is 2.39. The number of aliphatic carboxylic acids is 2. The van der Waals surface area contributed by atoms with Crippen LogP contribution in [0.1, 0.15) is 58.8 Å². The predicted octanol–water partition coefficient (Wildman–Crippen LogP) is -0.991. The molecule has 0 spiro atoms. The van der Waals surface area contributed by atoms with Gasteiger partial charge in [-0.15, -0.1) is 0 Å². The van der Waals surface area contributed by atoms with Gasteiger partial charge in [-0.1, -0.05) is 20.3 Å². The first-order valence-electron chi connectivity index (χ1n) is 11.3. The van der Waals surface area contributed by atoms with E-state index in [0.717, 1.165) is 0 Å². The van der Waals surface area contributed by atoms with Gasteiger partial charge in [0.25, 0.3) is 0 Å². The van der Waals surface area contributed by atoms with Crippen molar-refractivity contribution in [1.82, 2.24) is 15.5 Å². The Kier molecular flexibility index (Phi) is 11.8. The van der Waals surface area contributed by atoms with E-state index in [1.54, 1.807) is 13.8 Å². The molecule has 0 bridgehead atoms. The summed E-state index contributed by atoms with van der Waals surface area (Å²) in [7, 11) is 0. The van der Waals surface area contributed by atoms with Crippen molar-refractivity contribution < 1.29 is 34.2 Å². The van der Waals surface area contributed by atoms with Crippen molar-refractivity contribution in [3.8, 4) is 0 Å². The number of carboxylic acid groups (broad SMARTS) is 2. The van der Waals surface area contributed by atoms with Crippen LogP contribution in [0.4, 0.5) is 0 Å². The number of hydrogen-bond acceptors (Lipinski definition) is 7. The van der Waals surface area contributed by atoms with Crippen LogP contribution >= 0.6 is 0 Å². The normalized spacial score (nSPS) is 18.5. The molecule has 188 valence electrons. The summed E-state index contributed by atoms with van der Waals surface area (Å²) < 4.78 is 0. The van der Waals surface area contributed by atoms with Gasteiger partial charge in [0.15, 0.2) is 0 Å². The number of carboxylic acids is 2. The topological polar surface area (TPSA) is 205 Å².